The Bertz CT molecular complexity index is 815. The van der Waals surface area contributed by atoms with Crippen LogP contribution in [0.15, 0.2) is 53.7 Å². The molecule has 0 aliphatic carbocycles. The maximum Gasteiger partial charge on any atom is 0.191 e. The molecule has 0 atom stereocenters. The Balaban J connectivity index is 1.73. The number of halogens is 2. The summed E-state index contributed by atoms with van der Waals surface area (Å²) < 4.78 is 2.16. The average molecular weight is 378 g/mol. The standard InChI is InChI=1S/C18H17Cl2N3S/c1-2-23-17(11-13-6-8-15(19)9-7-13)21-22-18(23)24-12-14-4-3-5-16(20)10-14/h3-10H,2,11-12H2,1H3. The molecule has 3 aromatic rings. The summed E-state index contributed by atoms with van der Waals surface area (Å²) in [7, 11) is 0. The molecule has 24 heavy (non-hydrogen) atoms. The molecule has 0 bridgehead atoms. The van der Waals surface area contributed by atoms with E-state index >= 15 is 0 Å². The number of hydrogen-bond acceptors (Lipinski definition) is 3. The van der Waals surface area contributed by atoms with E-state index in [2.05, 4.69) is 27.8 Å². The maximum absolute atomic E-state index is 6.04. The van der Waals surface area contributed by atoms with Crippen LogP contribution in [0.25, 0.3) is 0 Å². The smallest absolute Gasteiger partial charge is 0.191 e. The number of aromatic nitrogens is 3. The van der Waals surface area contributed by atoms with Crippen molar-refractivity contribution in [2.75, 3.05) is 0 Å². The van der Waals surface area contributed by atoms with Gasteiger partial charge in [-0.3, -0.25) is 0 Å². The zero-order valence-electron chi connectivity index (χ0n) is 13.2. The second-order valence-corrected chi connectivity index (χ2v) is 7.18. The minimum absolute atomic E-state index is 0.744. The van der Waals surface area contributed by atoms with E-state index < -0.39 is 0 Å². The van der Waals surface area contributed by atoms with Crippen molar-refractivity contribution >= 4 is 35.0 Å². The van der Waals surface area contributed by atoms with Gasteiger partial charge < -0.3 is 4.57 Å². The fraction of sp³-hybridized carbons (Fsp3) is 0.222. The van der Waals surface area contributed by atoms with E-state index in [0.29, 0.717) is 0 Å². The second-order valence-electron chi connectivity index (χ2n) is 5.36. The lowest BCUT2D eigenvalue weighted by Gasteiger charge is -2.08. The molecule has 124 valence electrons. The molecule has 0 N–H and O–H groups in total. The van der Waals surface area contributed by atoms with Crippen molar-refractivity contribution in [2.45, 2.75) is 30.8 Å². The van der Waals surface area contributed by atoms with E-state index in [4.69, 9.17) is 23.2 Å². The third-order valence-electron chi connectivity index (χ3n) is 3.64. The molecule has 0 unspecified atom stereocenters. The summed E-state index contributed by atoms with van der Waals surface area (Å²) in [5, 5.41) is 11.2. The Morgan fingerprint density at radius 3 is 2.46 bits per heavy atom. The van der Waals surface area contributed by atoms with Crippen molar-refractivity contribution in [2.24, 2.45) is 0 Å². The van der Waals surface area contributed by atoms with Crippen molar-refractivity contribution in [1.82, 2.24) is 14.8 Å². The molecule has 2 aromatic carbocycles. The molecule has 0 fully saturated rings. The van der Waals surface area contributed by atoms with E-state index in [1.165, 1.54) is 11.1 Å². The second kappa shape index (κ2) is 8.06. The van der Waals surface area contributed by atoms with Crippen LogP contribution in [0.1, 0.15) is 23.9 Å². The van der Waals surface area contributed by atoms with Crippen LogP contribution in [-0.4, -0.2) is 14.8 Å². The fourth-order valence-electron chi connectivity index (χ4n) is 2.43. The minimum Gasteiger partial charge on any atom is -0.306 e. The van der Waals surface area contributed by atoms with Crippen LogP contribution in [0.2, 0.25) is 10.0 Å². The average Bonchev–Trinajstić information content (AvgIpc) is 2.97. The predicted molar refractivity (Wildman–Crippen MR) is 101 cm³/mol. The topological polar surface area (TPSA) is 30.7 Å². The lowest BCUT2D eigenvalue weighted by Crippen LogP contribution is -2.04. The predicted octanol–water partition coefficient (Wildman–Crippen LogP) is 5.49. The Morgan fingerprint density at radius 1 is 0.958 bits per heavy atom. The zero-order valence-corrected chi connectivity index (χ0v) is 15.6. The SMILES string of the molecule is CCn1c(Cc2ccc(Cl)cc2)nnc1SCc1cccc(Cl)c1. The van der Waals surface area contributed by atoms with Crippen LogP contribution in [0.5, 0.6) is 0 Å². The quantitative estimate of drug-likeness (QED) is 0.532. The van der Waals surface area contributed by atoms with Crippen molar-refractivity contribution in [3.05, 3.63) is 75.5 Å². The summed E-state index contributed by atoms with van der Waals surface area (Å²) in [5.41, 5.74) is 2.35. The molecule has 0 aliphatic rings. The third kappa shape index (κ3) is 4.32. The lowest BCUT2D eigenvalue weighted by molar-refractivity contribution is 0.651. The molecule has 0 amide bonds. The zero-order chi connectivity index (χ0) is 16.9. The van der Waals surface area contributed by atoms with E-state index in [0.717, 1.165) is 39.7 Å². The minimum atomic E-state index is 0.744. The summed E-state index contributed by atoms with van der Waals surface area (Å²) in [6, 6.07) is 15.8. The highest BCUT2D eigenvalue weighted by Crippen LogP contribution is 2.24. The first-order valence-corrected chi connectivity index (χ1v) is 9.43. The number of thioether (sulfide) groups is 1. The van der Waals surface area contributed by atoms with E-state index in [1.54, 1.807) is 11.8 Å². The molecule has 0 saturated heterocycles. The number of rotatable bonds is 6. The molecule has 3 nitrogen and oxygen atoms in total. The number of nitrogens with zero attached hydrogens (tertiary/aromatic N) is 3. The Morgan fingerprint density at radius 2 is 1.75 bits per heavy atom. The Hall–Kier alpha value is -1.49. The van der Waals surface area contributed by atoms with Crippen LogP contribution in [0.4, 0.5) is 0 Å². The van der Waals surface area contributed by atoms with E-state index in [1.807, 2.05) is 42.5 Å². The van der Waals surface area contributed by atoms with Gasteiger partial charge in [0, 0.05) is 28.8 Å². The van der Waals surface area contributed by atoms with Crippen LogP contribution < -0.4 is 0 Å². The molecule has 0 radical (unpaired) electrons. The van der Waals surface area contributed by atoms with Gasteiger partial charge in [0.05, 0.1) is 0 Å². The largest absolute Gasteiger partial charge is 0.306 e. The molecule has 6 heteroatoms. The van der Waals surface area contributed by atoms with Crippen LogP contribution >= 0.6 is 35.0 Å². The Kier molecular flexibility index (Phi) is 5.82. The molecule has 0 spiro atoms. The monoisotopic (exact) mass is 377 g/mol. The highest BCUT2D eigenvalue weighted by Gasteiger charge is 2.12. The summed E-state index contributed by atoms with van der Waals surface area (Å²) in [6.07, 6.45) is 0.746. The molecule has 1 aromatic heterocycles. The highest BCUT2D eigenvalue weighted by molar-refractivity contribution is 7.98. The van der Waals surface area contributed by atoms with Crippen LogP contribution in [0, 0.1) is 0 Å². The van der Waals surface area contributed by atoms with Gasteiger partial charge in [0.15, 0.2) is 5.16 Å². The van der Waals surface area contributed by atoms with Crippen molar-refractivity contribution in [3.8, 4) is 0 Å². The molecular weight excluding hydrogens is 361 g/mol. The van der Waals surface area contributed by atoms with E-state index in [9.17, 15) is 0 Å². The number of benzene rings is 2. The highest BCUT2D eigenvalue weighted by atomic mass is 35.5. The van der Waals surface area contributed by atoms with Gasteiger partial charge >= 0.3 is 0 Å². The Labute approximate surface area is 156 Å². The number of hydrogen-bond donors (Lipinski definition) is 0. The van der Waals surface area contributed by atoms with E-state index in [-0.39, 0.29) is 0 Å². The van der Waals surface area contributed by atoms with Crippen LogP contribution in [-0.2, 0) is 18.7 Å². The van der Waals surface area contributed by atoms with Gasteiger partial charge in [-0.15, -0.1) is 10.2 Å². The van der Waals surface area contributed by atoms with Gasteiger partial charge in [0.25, 0.3) is 0 Å². The van der Waals surface area contributed by atoms with Gasteiger partial charge in [-0.05, 0) is 42.3 Å². The first-order chi connectivity index (χ1) is 11.7. The molecule has 0 aliphatic heterocycles. The fourth-order valence-corrected chi connectivity index (χ4v) is 3.74. The molecule has 1 heterocycles. The summed E-state index contributed by atoms with van der Waals surface area (Å²) in [6.45, 7) is 2.95. The van der Waals surface area contributed by atoms with Gasteiger partial charge in [-0.2, -0.15) is 0 Å². The first-order valence-electron chi connectivity index (χ1n) is 7.69. The van der Waals surface area contributed by atoms with Crippen molar-refractivity contribution in [1.29, 1.82) is 0 Å². The summed E-state index contributed by atoms with van der Waals surface area (Å²) >= 11 is 13.7. The third-order valence-corrected chi connectivity index (χ3v) is 5.17. The van der Waals surface area contributed by atoms with Gasteiger partial charge in [0.2, 0.25) is 0 Å². The summed E-state index contributed by atoms with van der Waals surface area (Å²) in [4.78, 5) is 0. The maximum atomic E-state index is 6.04. The molecule has 3 rings (SSSR count). The first kappa shape index (κ1) is 17.3. The summed E-state index contributed by atoms with van der Waals surface area (Å²) in [5.74, 6) is 1.79. The molecule has 0 saturated carbocycles. The van der Waals surface area contributed by atoms with Gasteiger partial charge in [-0.1, -0.05) is 59.2 Å². The lowest BCUT2D eigenvalue weighted by atomic mass is 10.1. The van der Waals surface area contributed by atoms with Crippen molar-refractivity contribution in [3.63, 3.8) is 0 Å². The van der Waals surface area contributed by atoms with Gasteiger partial charge in [-0.25, -0.2) is 0 Å². The molecular formula is C18H17Cl2N3S. The van der Waals surface area contributed by atoms with Crippen molar-refractivity contribution < 1.29 is 0 Å². The normalized spacial score (nSPS) is 11.0. The van der Waals surface area contributed by atoms with Crippen LogP contribution in [0.3, 0.4) is 0 Å². The van der Waals surface area contributed by atoms with Gasteiger partial charge in [0.1, 0.15) is 5.82 Å².